The minimum absolute atomic E-state index is 0.00366. The van der Waals surface area contributed by atoms with Gasteiger partial charge in [0.1, 0.15) is 12.1 Å². The van der Waals surface area contributed by atoms with Crippen molar-refractivity contribution < 1.29 is 9.59 Å². The summed E-state index contributed by atoms with van der Waals surface area (Å²) in [5.74, 6) is 0.448. The summed E-state index contributed by atoms with van der Waals surface area (Å²) in [7, 11) is 0. The Kier molecular flexibility index (Phi) is 6.25. The van der Waals surface area contributed by atoms with Crippen LogP contribution in [0, 0.1) is 0 Å². The van der Waals surface area contributed by atoms with Gasteiger partial charge in [0.15, 0.2) is 0 Å². The number of nitrogens with one attached hydrogen (secondary N) is 1. The van der Waals surface area contributed by atoms with E-state index in [0.29, 0.717) is 64.9 Å². The van der Waals surface area contributed by atoms with Gasteiger partial charge in [0.25, 0.3) is 5.56 Å². The fraction of sp³-hybridized carbons (Fsp3) is 0.273. The highest BCUT2D eigenvalue weighted by Crippen LogP contribution is 2.27. The Balaban J connectivity index is 1.37. The highest BCUT2D eigenvalue weighted by atomic mass is 35.5. The zero-order chi connectivity index (χ0) is 22.0. The first-order chi connectivity index (χ1) is 15.0. The van der Waals surface area contributed by atoms with Crippen molar-refractivity contribution in [1.82, 2.24) is 14.9 Å². The SMILES string of the molecule is O=Cc1ccc(N2CCN(C(=O)CCc3nc4c(Cl)cccc4c(=O)[nH]3)CC2)c(Cl)c1. The number of nitrogens with zero attached hydrogens (tertiary/aromatic N) is 3. The molecule has 1 aliphatic rings. The molecule has 1 aliphatic heterocycles. The van der Waals surface area contributed by atoms with Crippen molar-refractivity contribution in [2.75, 3.05) is 31.1 Å². The van der Waals surface area contributed by atoms with Gasteiger partial charge in [-0.3, -0.25) is 14.4 Å². The zero-order valence-electron chi connectivity index (χ0n) is 16.6. The number of benzene rings is 2. The predicted molar refractivity (Wildman–Crippen MR) is 121 cm³/mol. The van der Waals surface area contributed by atoms with Gasteiger partial charge in [-0.25, -0.2) is 4.98 Å². The van der Waals surface area contributed by atoms with Gasteiger partial charge in [0.05, 0.1) is 26.6 Å². The maximum Gasteiger partial charge on any atom is 0.258 e. The number of amides is 1. The lowest BCUT2D eigenvalue weighted by Gasteiger charge is -2.36. The second-order valence-corrected chi connectivity index (χ2v) is 8.16. The molecule has 0 unspecified atom stereocenters. The van der Waals surface area contributed by atoms with Crippen molar-refractivity contribution in [3.63, 3.8) is 0 Å². The van der Waals surface area contributed by atoms with E-state index in [1.54, 1.807) is 35.2 Å². The van der Waals surface area contributed by atoms with Crippen LogP contribution in [0.2, 0.25) is 10.0 Å². The minimum Gasteiger partial charge on any atom is -0.367 e. The van der Waals surface area contributed by atoms with Crippen molar-refractivity contribution in [2.24, 2.45) is 0 Å². The second kappa shape index (κ2) is 9.08. The number of aldehydes is 1. The summed E-state index contributed by atoms with van der Waals surface area (Å²) in [5.41, 5.74) is 1.57. The largest absolute Gasteiger partial charge is 0.367 e. The van der Waals surface area contributed by atoms with Crippen LogP contribution in [-0.4, -0.2) is 53.2 Å². The van der Waals surface area contributed by atoms with Gasteiger partial charge in [-0.2, -0.15) is 0 Å². The number of hydrogen-bond donors (Lipinski definition) is 1. The van der Waals surface area contributed by atoms with Gasteiger partial charge in [0.2, 0.25) is 5.91 Å². The summed E-state index contributed by atoms with van der Waals surface area (Å²) in [4.78, 5) is 46.9. The molecule has 9 heteroatoms. The molecule has 1 fully saturated rings. The highest BCUT2D eigenvalue weighted by molar-refractivity contribution is 6.35. The van der Waals surface area contributed by atoms with E-state index in [0.717, 1.165) is 12.0 Å². The van der Waals surface area contributed by atoms with Crippen LogP contribution in [0.1, 0.15) is 22.6 Å². The number of hydrogen-bond acceptors (Lipinski definition) is 5. The van der Waals surface area contributed by atoms with Crippen molar-refractivity contribution in [3.05, 3.63) is 68.2 Å². The Bertz CT molecular complexity index is 1200. The molecule has 1 saturated heterocycles. The Morgan fingerprint density at radius 2 is 1.87 bits per heavy atom. The molecular formula is C22H20Cl2N4O3. The third kappa shape index (κ3) is 4.57. The summed E-state index contributed by atoms with van der Waals surface area (Å²) >= 11 is 12.5. The fourth-order valence-corrected chi connectivity index (χ4v) is 4.25. The van der Waals surface area contributed by atoms with E-state index < -0.39 is 0 Å². The summed E-state index contributed by atoms with van der Waals surface area (Å²) in [5, 5.41) is 1.36. The topological polar surface area (TPSA) is 86.4 Å². The van der Waals surface area contributed by atoms with Crippen molar-refractivity contribution >= 4 is 52.0 Å². The average molecular weight is 459 g/mol. The van der Waals surface area contributed by atoms with Gasteiger partial charge in [-0.15, -0.1) is 0 Å². The first kappa shape index (κ1) is 21.3. The number of aryl methyl sites for hydroxylation is 1. The molecular weight excluding hydrogens is 439 g/mol. The van der Waals surface area contributed by atoms with Gasteiger partial charge >= 0.3 is 0 Å². The maximum absolute atomic E-state index is 12.7. The summed E-state index contributed by atoms with van der Waals surface area (Å²) in [6.07, 6.45) is 1.33. The van der Waals surface area contributed by atoms with E-state index in [1.165, 1.54) is 0 Å². The van der Waals surface area contributed by atoms with Crippen LogP contribution in [-0.2, 0) is 11.2 Å². The van der Waals surface area contributed by atoms with E-state index >= 15 is 0 Å². The van der Waals surface area contributed by atoms with E-state index in [2.05, 4.69) is 14.9 Å². The molecule has 1 N–H and O–H groups in total. The molecule has 1 aromatic heterocycles. The lowest BCUT2D eigenvalue weighted by molar-refractivity contribution is -0.131. The number of piperazine rings is 1. The monoisotopic (exact) mass is 458 g/mol. The summed E-state index contributed by atoms with van der Waals surface area (Å²) in [6.45, 7) is 2.43. The van der Waals surface area contributed by atoms with Crippen LogP contribution in [0.5, 0.6) is 0 Å². The molecule has 0 spiro atoms. The van der Waals surface area contributed by atoms with Gasteiger partial charge in [-0.05, 0) is 30.3 Å². The average Bonchev–Trinajstić information content (AvgIpc) is 2.78. The lowest BCUT2D eigenvalue weighted by Crippen LogP contribution is -2.49. The molecule has 2 aromatic carbocycles. The molecule has 0 saturated carbocycles. The Morgan fingerprint density at radius 3 is 2.58 bits per heavy atom. The predicted octanol–water partition coefficient (Wildman–Crippen LogP) is 3.32. The molecule has 1 amide bonds. The molecule has 31 heavy (non-hydrogen) atoms. The van der Waals surface area contributed by atoms with E-state index in [1.807, 2.05) is 6.07 Å². The number of carbonyl (C=O) groups excluding carboxylic acids is 2. The number of aromatic amines is 1. The first-order valence-electron chi connectivity index (χ1n) is 9.91. The van der Waals surface area contributed by atoms with Crippen LogP contribution < -0.4 is 10.5 Å². The van der Waals surface area contributed by atoms with Crippen molar-refractivity contribution in [3.8, 4) is 0 Å². The summed E-state index contributed by atoms with van der Waals surface area (Å²) in [6, 6.07) is 10.3. The molecule has 3 aromatic rings. The number of halogens is 2. The number of H-pyrrole nitrogens is 1. The van der Waals surface area contributed by atoms with Crippen molar-refractivity contribution in [1.29, 1.82) is 0 Å². The fourth-order valence-electron chi connectivity index (χ4n) is 3.73. The highest BCUT2D eigenvalue weighted by Gasteiger charge is 2.22. The Morgan fingerprint density at radius 1 is 1.10 bits per heavy atom. The van der Waals surface area contributed by atoms with E-state index in [-0.39, 0.29) is 17.9 Å². The Labute approximate surface area is 188 Å². The molecule has 0 atom stereocenters. The summed E-state index contributed by atoms with van der Waals surface area (Å²) < 4.78 is 0. The normalized spacial score (nSPS) is 14.1. The Hall–Kier alpha value is -2.90. The van der Waals surface area contributed by atoms with E-state index in [9.17, 15) is 14.4 Å². The number of rotatable bonds is 5. The number of fused-ring (bicyclic) bond motifs is 1. The maximum atomic E-state index is 12.7. The molecule has 2 heterocycles. The first-order valence-corrected chi connectivity index (χ1v) is 10.7. The molecule has 0 aliphatic carbocycles. The van der Waals surface area contributed by atoms with Gasteiger partial charge in [0, 0.05) is 44.6 Å². The smallest absolute Gasteiger partial charge is 0.258 e. The third-order valence-corrected chi connectivity index (χ3v) is 6.00. The standard InChI is InChI=1S/C22H20Cl2N4O3/c23-16-3-1-2-15-21(16)25-19(26-22(15)31)6-7-20(30)28-10-8-27(9-11-28)18-5-4-14(13-29)12-17(18)24/h1-5,12-13H,6-11H2,(H,25,26,31). The number of carbonyl (C=O) groups is 2. The quantitative estimate of drug-likeness (QED) is 0.592. The molecule has 7 nitrogen and oxygen atoms in total. The van der Waals surface area contributed by atoms with Crippen LogP contribution in [0.3, 0.4) is 0 Å². The molecule has 160 valence electrons. The number of anilines is 1. The third-order valence-electron chi connectivity index (χ3n) is 5.39. The minimum atomic E-state index is -0.263. The molecule has 0 bridgehead atoms. The van der Waals surface area contributed by atoms with E-state index in [4.69, 9.17) is 23.2 Å². The second-order valence-electron chi connectivity index (χ2n) is 7.35. The number of aromatic nitrogens is 2. The van der Waals surface area contributed by atoms with Crippen LogP contribution in [0.15, 0.2) is 41.2 Å². The van der Waals surface area contributed by atoms with Crippen LogP contribution >= 0.6 is 23.2 Å². The van der Waals surface area contributed by atoms with Gasteiger partial charge in [-0.1, -0.05) is 29.3 Å². The van der Waals surface area contributed by atoms with Crippen LogP contribution in [0.4, 0.5) is 5.69 Å². The number of para-hydroxylation sites is 1. The zero-order valence-corrected chi connectivity index (χ0v) is 18.1. The van der Waals surface area contributed by atoms with Gasteiger partial charge < -0.3 is 14.8 Å². The molecule has 0 radical (unpaired) electrons. The van der Waals surface area contributed by atoms with Crippen LogP contribution in [0.25, 0.3) is 10.9 Å². The lowest BCUT2D eigenvalue weighted by atomic mass is 10.1. The van der Waals surface area contributed by atoms with Crippen molar-refractivity contribution in [2.45, 2.75) is 12.8 Å². The molecule has 4 rings (SSSR count).